The molecule has 32 heavy (non-hydrogen) atoms. The van der Waals surface area contributed by atoms with E-state index in [1.807, 2.05) is 56.3 Å². The van der Waals surface area contributed by atoms with Crippen LogP contribution in [0.5, 0.6) is 5.75 Å². The Hall–Kier alpha value is -3.86. The molecule has 0 aromatic heterocycles. The molecule has 0 atom stereocenters. The molecule has 0 aliphatic carbocycles. The SMILES string of the molecule is CCc1ccc(NC2=C(c3ccc(OC)cc3)C(=O)N(c3ccc(C)c(C)c3)C2=O)cc1. The lowest BCUT2D eigenvalue weighted by atomic mass is 10.0. The highest BCUT2D eigenvalue weighted by atomic mass is 16.5. The number of carbonyl (C=O) groups excluding carboxylic acids is 2. The maximum absolute atomic E-state index is 13.5. The molecule has 1 aliphatic rings. The van der Waals surface area contributed by atoms with Crippen molar-refractivity contribution in [2.24, 2.45) is 0 Å². The van der Waals surface area contributed by atoms with Crippen LogP contribution in [0.4, 0.5) is 11.4 Å². The maximum Gasteiger partial charge on any atom is 0.282 e. The molecule has 2 amide bonds. The second kappa shape index (κ2) is 8.71. The molecule has 0 unspecified atom stereocenters. The number of hydrogen-bond donors (Lipinski definition) is 1. The van der Waals surface area contributed by atoms with Crippen molar-refractivity contribution in [3.8, 4) is 5.75 Å². The number of imide groups is 1. The standard InChI is InChI=1S/C27H26N2O3/c1-5-19-7-11-21(12-8-19)28-25-24(20-9-14-23(32-4)15-10-20)26(30)29(27(25)31)22-13-6-17(2)18(3)16-22/h6-16,28H,5H2,1-4H3. The highest BCUT2D eigenvalue weighted by Crippen LogP contribution is 2.35. The number of aryl methyl sites for hydroxylation is 3. The topological polar surface area (TPSA) is 58.6 Å². The third-order valence-electron chi connectivity index (χ3n) is 5.84. The summed E-state index contributed by atoms with van der Waals surface area (Å²) in [5.74, 6) is -0.0402. The summed E-state index contributed by atoms with van der Waals surface area (Å²) in [5, 5.41) is 3.21. The number of ether oxygens (including phenoxy) is 1. The Morgan fingerprint density at radius 3 is 2.12 bits per heavy atom. The third kappa shape index (κ3) is 3.89. The van der Waals surface area contributed by atoms with E-state index in [2.05, 4.69) is 12.2 Å². The Morgan fingerprint density at radius 1 is 0.844 bits per heavy atom. The molecule has 3 aromatic carbocycles. The van der Waals surface area contributed by atoms with Crippen LogP contribution in [0.2, 0.25) is 0 Å². The van der Waals surface area contributed by atoms with Crippen LogP contribution in [-0.4, -0.2) is 18.9 Å². The quantitative estimate of drug-likeness (QED) is 0.546. The van der Waals surface area contributed by atoms with Crippen molar-refractivity contribution < 1.29 is 14.3 Å². The first-order valence-corrected chi connectivity index (χ1v) is 10.6. The smallest absolute Gasteiger partial charge is 0.282 e. The van der Waals surface area contributed by atoms with E-state index in [-0.39, 0.29) is 17.5 Å². The summed E-state index contributed by atoms with van der Waals surface area (Å²) in [6, 6.07) is 20.6. The zero-order chi connectivity index (χ0) is 22.8. The van der Waals surface area contributed by atoms with Gasteiger partial charge in [0.2, 0.25) is 0 Å². The van der Waals surface area contributed by atoms with Crippen molar-refractivity contribution in [2.75, 3.05) is 17.3 Å². The van der Waals surface area contributed by atoms with Crippen LogP contribution in [0.3, 0.4) is 0 Å². The van der Waals surface area contributed by atoms with E-state index in [0.717, 1.165) is 23.2 Å². The lowest BCUT2D eigenvalue weighted by Crippen LogP contribution is -2.32. The molecule has 5 nitrogen and oxygen atoms in total. The predicted molar refractivity (Wildman–Crippen MR) is 128 cm³/mol. The highest BCUT2D eigenvalue weighted by molar-refractivity contribution is 6.46. The summed E-state index contributed by atoms with van der Waals surface area (Å²) >= 11 is 0. The number of anilines is 2. The fourth-order valence-corrected chi connectivity index (χ4v) is 3.74. The molecule has 3 aromatic rings. The molecular weight excluding hydrogens is 400 g/mol. The van der Waals surface area contributed by atoms with Gasteiger partial charge in [-0.1, -0.05) is 37.3 Å². The van der Waals surface area contributed by atoms with E-state index >= 15 is 0 Å². The van der Waals surface area contributed by atoms with Gasteiger partial charge in [-0.05, 0) is 78.9 Å². The Kier molecular flexibility index (Phi) is 5.82. The molecular formula is C27H26N2O3. The summed E-state index contributed by atoms with van der Waals surface area (Å²) < 4.78 is 5.24. The van der Waals surface area contributed by atoms with E-state index in [1.165, 1.54) is 10.5 Å². The third-order valence-corrected chi connectivity index (χ3v) is 5.84. The van der Waals surface area contributed by atoms with Gasteiger partial charge in [0.05, 0.1) is 18.4 Å². The minimum Gasteiger partial charge on any atom is -0.497 e. The van der Waals surface area contributed by atoms with Crippen molar-refractivity contribution in [1.29, 1.82) is 0 Å². The zero-order valence-electron chi connectivity index (χ0n) is 18.7. The van der Waals surface area contributed by atoms with Crippen LogP contribution in [-0.2, 0) is 16.0 Å². The minimum absolute atomic E-state index is 0.266. The number of rotatable bonds is 6. The first kappa shape index (κ1) is 21.4. The number of carbonyl (C=O) groups is 2. The molecule has 5 heteroatoms. The van der Waals surface area contributed by atoms with Gasteiger partial charge in [-0.15, -0.1) is 0 Å². The molecule has 1 heterocycles. The van der Waals surface area contributed by atoms with Crippen molar-refractivity contribution in [1.82, 2.24) is 0 Å². The lowest BCUT2D eigenvalue weighted by molar-refractivity contribution is -0.120. The molecule has 0 spiro atoms. The molecule has 0 radical (unpaired) electrons. The average Bonchev–Trinajstić information content (AvgIpc) is 3.05. The van der Waals surface area contributed by atoms with Crippen LogP contribution in [0.1, 0.15) is 29.2 Å². The number of hydrogen-bond acceptors (Lipinski definition) is 4. The first-order chi connectivity index (χ1) is 15.4. The number of methoxy groups -OCH3 is 1. The van der Waals surface area contributed by atoms with E-state index in [4.69, 9.17) is 4.74 Å². The van der Waals surface area contributed by atoms with Crippen molar-refractivity contribution in [2.45, 2.75) is 27.2 Å². The van der Waals surface area contributed by atoms with Gasteiger partial charge in [-0.25, -0.2) is 4.90 Å². The Morgan fingerprint density at radius 2 is 1.53 bits per heavy atom. The van der Waals surface area contributed by atoms with Gasteiger partial charge in [0.25, 0.3) is 11.8 Å². The van der Waals surface area contributed by atoms with E-state index in [9.17, 15) is 9.59 Å². The molecule has 1 N–H and O–H groups in total. The largest absolute Gasteiger partial charge is 0.497 e. The zero-order valence-corrected chi connectivity index (χ0v) is 18.7. The molecule has 0 saturated carbocycles. The van der Waals surface area contributed by atoms with Gasteiger partial charge in [-0.3, -0.25) is 9.59 Å². The normalized spacial score (nSPS) is 13.7. The molecule has 0 bridgehead atoms. The second-order valence-corrected chi connectivity index (χ2v) is 7.87. The van der Waals surface area contributed by atoms with Crippen molar-refractivity contribution in [3.63, 3.8) is 0 Å². The summed E-state index contributed by atoms with van der Waals surface area (Å²) in [6.07, 6.45) is 0.929. The number of nitrogens with zero attached hydrogens (tertiary/aromatic N) is 1. The predicted octanol–water partition coefficient (Wildman–Crippen LogP) is 5.27. The first-order valence-electron chi connectivity index (χ1n) is 10.6. The van der Waals surface area contributed by atoms with Gasteiger partial charge in [0, 0.05) is 5.69 Å². The van der Waals surface area contributed by atoms with Crippen LogP contribution < -0.4 is 15.0 Å². The summed E-state index contributed by atoms with van der Waals surface area (Å²) in [4.78, 5) is 28.3. The van der Waals surface area contributed by atoms with Gasteiger partial charge in [0.15, 0.2) is 0 Å². The summed E-state index contributed by atoms with van der Waals surface area (Å²) in [6.45, 7) is 6.06. The molecule has 162 valence electrons. The van der Waals surface area contributed by atoms with E-state index in [1.54, 1.807) is 31.4 Å². The highest BCUT2D eigenvalue weighted by Gasteiger charge is 2.40. The van der Waals surface area contributed by atoms with Gasteiger partial charge < -0.3 is 10.1 Å². The Bertz CT molecular complexity index is 1210. The number of nitrogens with one attached hydrogen (secondary N) is 1. The summed E-state index contributed by atoms with van der Waals surface area (Å²) in [7, 11) is 1.59. The van der Waals surface area contributed by atoms with Gasteiger partial charge in [-0.2, -0.15) is 0 Å². The second-order valence-electron chi connectivity index (χ2n) is 7.87. The number of amides is 2. The minimum atomic E-state index is -0.372. The fourth-order valence-electron chi connectivity index (χ4n) is 3.74. The average molecular weight is 427 g/mol. The Labute approximate surface area is 188 Å². The van der Waals surface area contributed by atoms with Crippen LogP contribution in [0.25, 0.3) is 5.57 Å². The monoisotopic (exact) mass is 426 g/mol. The van der Waals surface area contributed by atoms with Crippen LogP contribution >= 0.6 is 0 Å². The van der Waals surface area contributed by atoms with Crippen molar-refractivity contribution in [3.05, 3.63) is 94.7 Å². The van der Waals surface area contributed by atoms with Crippen molar-refractivity contribution >= 4 is 28.8 Å². The molecule has 0 saturated heterocycles. The van der Waals surface area contributed by atoms with Crippen LogP contribution in [0.15, 0.2) is 72.4 Å². The molecule has 0 fully saturated rings. The molecule has 4 rings (SSSR count). The molecule has 1 aliphatic heterocycles. The lowest BCUT2D eigenvalue weighted by Gasteiger charge is -2.17. The maximum atomic E-state index is 13.5. The fraction of sp³-hybridized carbons (Fsp3) is 0.185. The van der Waals surface area contributed by atoms with Gasteiger partial charge in [0.1, 0.15) is 11.4 Å². The van der Waals surface area contributed by atoms with E-state index < -0.39 is 0 Å². The summed E-state index contributed by atoms with van der Waals surface area (Å²) in [5.41, 5.74) is 5.90. The van der Waals surface area contributed by atoms with E-state index in [0.29, 0.717) is 22.6 Å². The van der Waals surface area contributed by atoms with Crippen LogP contribution in [0, 0.1) is 13.8 Å². The number of benzene rings is 3. The Balaban J connectivity index is 1.79. The van der Waals surface area contributed by atoms with Gasteiger partial charge >= 0.3 is 0 Å².